The Balaban J connectivity index is 1.62. The smallest absolute Gasteiger partial charge is 0.382 e. The van der Waals surface area contributed by atoms with E-state index in [2.05, 4.69) is 44.1 Å². The summed E-state index contributed by atoms with van der Waals surface area (Å²) in [7, 11) is 2.06. The third kappa shape index (κ3) is 6.86. The van der Waals surface area contributed by atoms with Gasteiger partial charge in [0.2, 0.25) is 5.95 Å². The molecule has 10 nitrogen and oxygen atoms in total. The van der Waals surface area contributed by atoms with Crippen LogP contribution in [-0.2, 0) is 6.18 Å². The molecule has 6 N–H and O–H groups in total. The summed E-state index contributed by atoms with van der Waals surface area (Å²) < 4.78 is 39.1. The maximum Gasteiger partial charge on any atom is 0.416 e. The Morgan fingerprint density at radius 1 is 1.10 bits per heavy atom. The highest BCUT2D eigenvalue weighted by atomic mass is 19.4. The van der Waals surface area contributed by atoms with Gasteiger partial charge in [-0.1, -0.05) is 18.7 Å². The van der Waals surface area contributed by atoms with Crippen molar-refractivity contribution >= 4 is 40.6 Å². The van der Waals surface area contributed by atoms with Crippen molar-refractivity contribution in [3.8, 4) is 0 Å². The summed E-state index contributed by atoms with van der Waals surface area (Å²) in [6.45, 7) is 6.92. The first-order valence-electron chi connectivity index (χ1n) is 12.5. The van der Waals surface area contributed by atoms with Crippen LogP contribution in [0.1, 0.15) is 28.0 Å². The molecule has 1 amide bonds. The van der Waals surface area contributed by atoms with E-state index in [1.165, 1.54) is 30.5 Å². The van der Waals surface area contributed by atoms with Gasteiger partial charge < -0.3 is 31.9 Å². The van der Waals surface area contributed by atoms with Gasteiger partial charge >= 0.3 is 6.18 Å². The second kappa shape index (κ2) is 12.0. The Labute approximate surface area is 229 Å². The molecular formula is C27H30F3N9O. The number of rotatable bonds is 7. The molecule has 40 heavy (non-hydrogen) atoms. The molecule has 0 saturated carbocycles. The van der Waals surface area contributed by atoms with Gasteiger partial charge in [0.05, 0.1) is 11.3 Å². The molecule has 2 aromatic carbocycles. The van der Waals surface area contributed by atoms with Crippen molar-refractivity contribution in [2.75, 3.05) is 54.5 Å². The topological polar surface area (TPSA) is 138 Å². The lowest BCUT2D eigenvalue weighted by Crippen LogP contribution is -2.31. The second-order valence-electron chi connectivity index (χ2n) is 9.20. The van der Waals surface area contributed by atoms with Crippen molar-refractivity contribution in [2.45, 2.75) is 12.6 Å². The van der Waals surface area contributed by atoms with Crippen LogP contribution in [0.3, 0.4) is 0 Å². The predicted octanol–water partition coefficient (Wildman–Crippen LogP) is 4.06. The maximum atomic E-state index is 13.0. The molecule has 13 heteroatoms. The van der Waals surface area contributed by atoms with Crippen molar-refractivity contribution in [1.29, 1.82) is 0 Å². The number of hydrogen-bond donors (Lipinski definition) is 4. The van der Waals surface area contributed by atoms with Crippen LogP contribution in [0.25, 0.3) is 0 Å². The zero-order valence-corrected chi connectivity index (χ0v) is 21.9. The SMILES string of the molecule is C=CNc1c(N)nc(N2CCCN(C)CC2)nc1C(N)=Nc1cccc(C(=O)Nc2cccc(C(F)(F)F)c2)c1. The number of alkyl halides is 3. The normalized spacial score (nSPS) is 14.9. The number of nitrogens with two attached hydrogens (primary N) is 2. The zero-order valence-electron chi connectivity index (χ0n) is 21.9. The molecule has 0 bridgehead atoms. The van der Waals surface area contributed by atoms with E-state index in [-0.39, 0.29) is 28.6 Å². The van der Waals surface area contributed by atoms with Crippen LogP contribution in [-0.4, -0.2) is 59.8 Å². The van der Waals surface area contributed by atoms with Crippen LogP contribution in [0.4, 0.5) is 42.0 Å². The van der Waals surface area contributed by atoms with Crippen molar-refractivity contribution in [3.63, 3.8) is 0 Å². The minimum atomic E-state index is -4.53. The summed E-state index contributed by atoms with van der Waals surface area (Å²) >= 11 is 0. The van der Waals surface area contributed by atoms with E-state index >= 15 is 0 Å². The molecule has 1 aromatic heterocycles. The molecule has 1 saturated heterocycles. The number of benzene rings is 2. The lowest BCUT2D eigenvalue weighted by atomic mass is 10.1. The van der Waals surface area contributed by atoms with Crippen molar-refractivity contribution in [1.82, 2.24) is 14.9 Å². The summed E-state index contributed by atoms with van der Waals surface area (Å²) in [4.78, 5) is 30.6. The van der Waals surface area contributed by atoms with Crippen molar-refractivity contribution in [2.24, 2.45) is 10.7 Å². The summed E-state index contributed by atoms with van der Waals surface area (Å²) in [6.07, 6.45) is -2.17. The molecule has 210 valence electrons. The number of nitrogen functional groups attached to an aromatic ring is 1. The number of nitrogens with one attached hydrogen (secondary N) is 2. The monoisotopic (exact) mass is 553 g/mol. The quantitative estimate of drug-likeness (QED) is 0.254. The van der Waals surface area contributed by atoms with Crippen LogP contribution in [0.5, 0.6) is 0 Å². The molecule has 1 aliphatic heterocycles. The number of amides is 1. The highest BCUT2D eigenvalue weighted by Gasteiger charge is 2.30. The Morgan fingerprint density at radius 2 is 1.88 bits per heavy atom. The van der Waals surface area contributed by atoms with Gasteiger partial charge in [-0.05, 0) is 62.6 Å². The molecule has 3 aromatic rings. The number of carbonyl (C=O) groups is 1. The van der Waals surface area contributed by atoms with E-state index in [1.807, 2.05) is 4.90 Å². The van der Waals surface area contributed by atoms with Gasteiger partial charge in [0.25, 0.3) is 5.91 Å². The number of aromatic nitrogens is 2. The molecule has 0 spiro atoms. The van der Waals surface area contributed by atoms with Crippen LogP contribution in [0.2, 0.25) is 0 Å². The van der Waals surface area contributed by atoms with E-state index < -0.39 is 17.6 Å². The average Bonchev–Trinajstić information content (AvgIpc) is 3.14. The lowest BCUT2D eigenvalue weighted by Gasteiger charge is -2.22. The van der Waals surface area contributed by atoms with E-state index in [0.29, 0.717) is 23.9 Å². The number of carbonyl (C=O) groups excluding carboxylic acids is 1. The fourth-order valence-corrected chi connectivity index (χ4v) is 4.17. The van der Waals surface area contributed by atoms with Crippen molar-refractivity contribution in [3.05, 3.63) is 78.1 Å². The Bertz CT molecular complexity index is 1420. The molecule has 0 aliphatic carbocycles. The molecule has 1 aliphatic rings. The van der Waals surface area contributed by atoms with Crippen LogP contribution in [0.15, 0.2) is 66.3 Å². The first-order chi connectivity index (χ1) is 19.0. The molecule has 0 radical (unpaired) electrons. The summed E-state index contributed by atoms with van der Waals surface area (Å²) in [5.74, 6) is 0.000351. The molecule has 4 rings (SSSR count). The third-order valence-electron chi connectivity index (χ3n) is 6.22. The zero-order chi connectivity index (χ0) is 28.9. The van der Waals surface area contributed by atoms with Crippen molar-refractivity contribution < 1.29 is 18.0 Å². The highest BCUT2D eigenvalue weighted by molar-refractivity contribution is 6.06. The Hall–Kier alpha value is -4.65. The molecule has 0 unspecified atom stereocenters. The van der Waals surface area contributed by atoms with Crippen LogP contribution < -0.4 is 27.0 Å². The van der Waals surface area contributed by atoms with Gasteiger partial charge in [-0.25, -0.2) is 9.98 Å². The van der Waals surface area contributed by atoms with Crippen LogP contribution >= 0.6 is 0 Å². The summed E-state index contributed by atoms with van der Waals surface area (Å²) in [5, 5.41) is 5.40. The Morgan fingerprint density at radius 3 is 2.62 bits per heavy atom. The lowest BCUT2D eigenvalue weighted by molar-refractivity contribution is -0.137. The number of aliphatic imine (C=N–C) groups is 1. The fraction of sp³-hybridized carbons (Fsp3) is 0.259. The van der Waals surface area contributed by atoms with E-state index in [4.69, 9.17) is 11.5 Å². The fourth-order valence-electron chi connectivity index (χ4n) is 4.17. The number of nitrogens with zero attached hydrogens (tertiary/aromatic N) is 5. The van der Waals surface area contributed by atoms with Gasteiger partial charge in [0, 0.05) is 30.9 Å². The standard InChI is InChI=1S/C27H30F3N9O/c1-3-33-21-22(36-26(37-23(21)31)39-12-6-11-38(2)13-14-39)24(32)34-19-9-4-7-17(15-19)25(40)35-20-10-5-8-18(16-20)27(28,29)30/h3-5,7-10,15-16,33H,1,6,11-14H2,2H3,(H2,32,34)(H,35,40)(H2,31,36,37). The number of halogens is 3. The largest absolute Gasteiger partial charge is 0.416 e. The summed E-state index contributed by atoms with van der Waals surface area (Å²) in [5.41, 5.74) is 12.9. The number of hydrogen-bond acceptors (Lipinski definition) is 8. The highest BCUT2D eigenvalue weighted by Crippen LogP contribution is 2.31. The van der Waals surface area contributed by atoms with Gasteiger partial charge in [-0.3, -0.25) is 4.79 Å². The van der Waals surface area contributed by atoms with E-state index in [1.54, 1.807) is 12.1 Å². The summed E-state index contributed by atoms with van der Waals surface area (Å²) in [6, 6.07) is 10.6. The third-order valence-corrected chi connectivity index (χ3v) is 6.22. The number of likely N-dealkylation sites (N-methyl/N-ethyl adjacent to an activating group) is 1. The first kappa shape index (κ1) is 28.4. The van der Waals surface area contributed by atoms with Gasteiger partial charge in [0.1, 0.15) is 11.4 Å². The molecule has 0 atom stereocenters. The second-order valence-corrected chi connectivity index (χ2v) is 9.20. The molecule has 1 fully saturated rings. The molecule has 2 heterocycles. The maximum absolute atomic E-state index is 13.0. The number of amidine groups is 1. The van der Waals surface area contributed by atoms with Gasteiger partial charge in [0.15, 0.2) is 11.7 Å². The predicted molar refractivity (Wildman–Crippen MR) is 151 cm³/mol. The average molecular weight is 554 g/mol. The number of anilines is 4. The Kier molecular flexibility index (Phi) is 8.53. The van der Waals surface area contributed by atoms with E-state index in [9.17, 15) is 18.0 Å². The minimum Gasteiger partial charge on any atom is -0.382 e. The van der Waals surface area contributed by atoms with Crippen LogP contribution in [0, 0.1) is 0 Å². The first-order valence-corrected chi connectivity index (χ1v) is 12.5. The minimum absolute atomic E-state index is 0.0112. The van der Waals surface area contributed by atoms with Gasteiger partial charge in [-0.15, -0.1) is 0 Å². The van der Waals surface area contributed by atoms with E-state index in [0.717, 1.165) is 38.2 Å². The molecular weight excluding hydrogens is 523 g/mol. The van der Waals surface area contributed by atoms with Gasteiger partial charge in [-0.2, -0.15) is 18.2 Å².